The van der Waals surface area contributed by atoms with Crippen LogP contribution in [0.15, 0.2) is 36.4 Å². The molecule has 1 unspecified atom stereocenters. The zero-order valence-electron chi connectivity index (χ0n) is 14.2. The Hall–Kier alpha value is -2.06. The van der Waals surface area contributed by atoms with E-state index in [0.717, 1.165) is 28.6 Å². The van der Waals surface area contributed by atoms with Gasteiger partial charge in [-0.3, -0.25) is 0 Å². The highest BCUT2D eigenvalue weighted by Gasteiger charge is 2.40. The molecule has 0 amide bonds. The van der Waals surface area contributed by atoms with Gasteiger partial charge in [0.1, 0.15) is 17.5 Å². The fourth-order valence-corrected chi connectivity index (χ4v) is 5.24. The van der Waals surface area contributed by atoms with Gasteiger partial charge < -0.3 is 5.32 Å². The molecule has 0 spiro atoms. The number of benzene rings is 2. The summed E-state index contributed by atoms with van der Waals surface area (Å²) in [5, 5.41) is 2.10. The molecule has 0 saturated carbocycles. The van der Waals surface area contributed by atoms with E-state index < -0.39 is 38.4 Å². The van der Waals surface area contributed by atoms with Crippen LogP contribution < -0.4 is 9.62 Å². The Morgan fingerprint density at radius 3 is 2.50 bits per heavy atom. The Labute approximate surface area is 150 Å². The molecule has 8 heteroatoms. The molecule has 1 aliphatic rings. The second-order valence-electron chi connectivity index (χ2n) is 6.25. The number of hydrogen-bond acceptors (Lipinski definition) is 3. The highest BCUT2D eigenvalue weighted by Crippen LogP contribution is 2.41. The van der Waals surface area contributed by atoms with Gasteiger partial charge in [0.15, 0.2) is 0 Å². The van der Waals surface area contributed by atoms with Crippen LogP contribution in [0.4, 0.5) is 24.5 Å². The maximum atomic E-state index is 14.3. The van der Waals surface area contributed by atoms with E-state index in [1.54, 1.807) is 7.05 Å². The van der Waals surface area contributed by atoms with Gasteiger partial charge in [-0.1, -0.05) is 0 Å². The Kier molecular flexibility index (Phi) is 5.24. The fraction of sp³-hybridized carbons (Fsp3) is 0.333. The zero-order chi connectivity index (χ0) is 18.9. The van der Waals surface area contributed by atoms with Gasteiger partial charge in [0.25, 0.3) is 0 Å². The van der Waals surface area contributed by atoms with Crippen molar-refractivity contribution in [2.75, 3.05) is 17.9 Å². The predicted octanol–water partition coefficient (Wildman–Crippen LogP) is 3.50. The maximum absolute atomic E-state index is 14.3. The van der Waals surface area contributed by atoms with Gasteiger partial charge >= 0.3 is 0 Å². The number of hydrogen-bond donors (Lipinski definition) is 1. The SMILES string of the molecule is CNCCCC1Cc2cc(F)ccc2N(c2cc(F)ccc2F)S1(=O)=O. The van der Waals surface area contributed by atoms with E-state index in [4.69, 9.17) is 0 Å². The highest BCUT2D eigenvalue weighted by atomic mass is 32.2. The van der Waals surface area contributed by atoms with Gasteiger partial charge in [-0.15, -0.1) is 0 Å². The molecular formula is C18H19F3N2O2S. The normalized spacial score (nSPS) is 18.6. The third kappa shape index (κ3) is 3.43. The lowest BCUT2D eigenvalue weighted by Gasteiger charge is -2.35. The molecule has 0 aliphatic carbocycles. The predicted molar refractivity (Wildman–Crippen MR) is 94.5 cm³/mol. The van der Waals surface area contributed by atoms with Crippen LogP contribution >= 0.6 is 0 Å². The standard InChI is InChI=1S/C18H19F3N2O2S/c1-22-8-2-3-15-10-12-9-13(19)5-7-17(12)23(26(15,24)25)18-11-14(20)4-6-16(18)21/h4-7,9,11,15,22H,2-3,8,10H2,1H3. The average Bonchev–Trinajstić information content (AvgIpc) is 2.58. The van der Waals surface area contributed by atoms with Gasteiger partial charge in [-0.2, -0.15) is 0 Å². The summed E-state index contributed by atoms with van der Waals surface area (Å²) in [5.74, 6) is -2.12. The molecule has 1 aliphatic heterocycles. The Bertz CT molecular complexity index is 919. The van der Waals surface area contributed by atoms with E-state index in [0.29, 0.717) is 24.9 Å². The van der Waals surface area contributed by atoms with Crippen LogP contribution in [-0.2, 0) is 16.4 Å². The minimum atomic E-state index is -3.99. The third-order valence-electron chi connectivity index (χ3n) is 4.46. The first-order valence-corrected chi connectivity index (χ1v) is 9.77. The second kappa shape index (κ2) is 7.28. The van der Waals surface area contributed by atoms with Crippen molar-refractivity contribution in [1.82, 2.24) is 5.32 Å². The lowest BCUT2D eigenvalue weighted by atomic mass is 10.0. The molecule has 4 nitrogen and oxygen atoms in total. The molecule has 1 N–H and O–H groups in total. The smallest absolute Gasteiger partial charge is 0.242 e. The van der Waals surface area contributed by atoms with E-state index >= 15 is 0 Å². The lowest BCUT2D eigenvalue weighted by molar-refractivity contribution is 0.550. The monoisotopic (exact) mass is 384 g/mol. The minimum Gasteiger partial charge on any atom is -0.320 e. The number of fused-ring (bicyclic) bond motifs is 1. The summed E-state index contributed by atoms with van der Waals surface area (Å²) >= 11 is 0. The van der Waals surface area contributed by atoms with Crippen LogP contribution in [-0.4, -0.2) is 27.3 Å². The molecule has 0 fully saturated rings. The second-order valence-corrected chi connectivity index (χ2v) is 8.31. The van der Waals surface area contributed by atoms with E-state index in [-0.39, 0.29) is 12.1 Å². The summed E-state index contributed by atoms with van der Waals surface area (Å²) in [5.41, 5.74) is 0.217. The Morgan fingerprint density at radius 2 is 1.77 bits per heavy atom. The van der Waals surface area contributed by atoms with Crippen LogP contribution in [0, 0.1) is 17.5 Å². The van der Waals surface area contributed by atoms with Crippen LogP contribution in [0.25, 0.3) is 0 Å². The van der Waals surface area contributed by atoms with Crippen molar-refractivity contribution in [2.45, 2.75) is 24.5 Å². The van der Waals surface area contributed by atoms with Crippen molar-refractivity contribution in [3.8, 4) is 0 Å². The van der Waals surface area contributed by atoms with Crippen molar-refractivity contribution in [3.05, 3.63) is 59.4 Å². The van der Waals surface area contributed by atoms with Gasteiger partial charge in [0.05, 0.1) is 16.6 Å². The summed E-state index contributed by atoms with van der Waals surface area (Å²) in [4.78, 5) is 0. The summed E-state index contributed by atoms with van der Waals surface area (Å²) in [6, 6.07) is 6.30. The average molecular weight is 384 g/mol. The molecule has 3 rings (SSSR count). The zero-order valence-corrected chi connectivity index (χ0v) is 15.0. The number of halogens is 3. The van der Waals surface area contributed by atoms with Crippen molar-refractivity contribution in [2.24, 2.45) is 0 Å². The van der Waals surface area contributed by atoms with Crippen molar-refractivity contribution in [3.63, 3.8) is 0 Å². The van der Waals surface area contributed by atoms with Gasteiger partial charge in [-0.05, 0) is 68.8 Å². The topological polar surface area (TPSA) is 49.4 Å². The molecule has 0 aromatic heterocycles. The molecule has 2 aromatic carbocycles. The third-order valence-corrected chi connectivity index (χ3v) is 6.61. The molecule has 0 saturated heterocycles. The van der Waals surface area contributed by atoms with E-state index in [2.05, 4.69) is 5.32 Å². The Morgan fingerprint density at radius 1 is 1.08 bits per heavy atom. The van der Waals surface area contributed by atoms with E-state index in [1.165, 1.54) is 12.1 Å². The quantitative estimate of drug-likeness (QED) is 0.803. The van der Waals surface area contributed by atoms with Crippen molar-refractivity contribution >= 4 is 21.4 Å². The molecule has 1 atom stereocenters. The van der Waals surface area contributed by atoms with E-state index in [1.807, 2.05) is 0 Å². The van der Waals surface area contributed by atoms with Crippen molar-refractivity contribution < 1.29 is 21.6 Å². The minimum absolute atomic E-state index is 0.132. The molecule has 140 valence electrons. The summed E-state index contributed by atoms with van der Waals surface area (Å²) in [6.45, 7) is 0.621. The molecule has 0 bridgehead atoms. The van der Waals surface area contributed by atoms with Gasteiger partial charge in [0, 0.05) is 6.07 Å². The molecule has 1 heterocycles. The Balaban J connectivity index is 2.14. The maximum Gasteiger partial charge on any atom is 0.242 e. The number of nitrogens with one attached hydrogen (secondary N) is 1. The van der Waals surface area contributed by atoms with Crippen LogP contribution in [0.1, 0.15) is 18.4 Å². The lowest BCUT2D eigenvalue weighted by Crippen LogP contribution is -2.42. The molecule has 2 aromatic rings. The molecular weight excluding hydrogens is 365 g/mol. The van der Waals surface area contributed by atoms with E-state index in [9.17, 15) is 21.6 Å². The molecule has 26 heavy (non-hydrogen) atoms. The van der Waals surface area contributed by atoms with Gasteiger partial charge in [0.2, 0.25) is 10.0 Å². The van der Waals surface area contributed by atoms with Crippen LogP contribution in [0.3, 0.4) is 0 Å². The largest absolute Gasteiger partial charge is 0.320 e. The molecule has 0 radical (unpaired) electrons. The first-order valence-electron chi connectivity index (χ1n) is 8.27. The number of rotatable bonds is 5. The summed E-state index contributed by atoms with van der Waals surface area (Å²) in [6.07, 6.45) is 1.05. The summed E-state index contributed by atoms with van der Waals surface area (Å²) < 4.78 is 68.8. The summed E-state index contributed by atoms with van der Waals surface area (Å²) in [7, 11) is -2.23. The van der Waals surface area contributed by atoms with Crippen LogP contribution in [0.2, 0.25) is 0 Å². The number of anilines is 2. The van der Waals surface area contributed by atoms with Crippen LogP contribution in [0.5, 0.6) is 0 Å². The highest BCUT2D eigenvalue weighted by molar-refractivity contribution is 7.93. The first-order chi connectivity index (χ1) is 12.3. The van der Waals surface area contributed by atoms with Gasteiger partial charge in [-0.25, -0.2) is 25.9 Å². The van der Waals surface area contributed by atoms with Crippen molar-refractivity contribution in [1.29, 1.82) is 0 Å². The first kappa shape index (κ1) is 18.7. The fourth-order valence-electron chi connectivity index (χ4n) is 3.22. The number of sulfonamides is 1. The number of nitrogens with zero attached hydrogens (tertiary/aromatic N) is 1.